The first kappa shape index (κ1) is 11.5. The first-order chi connectivity index (χ1) is 8.78. The lowest BCUT2D eigenvalue weighted by Gasteiger charge is -2.13. The number of imidazole rings is 1. The first-order valence-electron chi connectivity index (χ1n) is 6.59. The average Bonchev–Trinajstić information content (AvgIpc) is 2.94. The number of aromatic nitrogens is 2. The van der Waals surface area contributed by atoms with Gasteiger partial charge in [0.15, 0.2) is 0 Å². The maximum absolute atomic E-state index is 5.74. The van der Waals surface area contributed by atoms with Gasteiger partial charge in [-0.2, -0.15) is 0 Å². The van der Waals surface area contributed by atoms with Crippen LogP contribution in [0.3, 0.4) is 0 Å². The molecule has 2 N–H and O–H groups in total. The molecule has 0 saturated carbocycles. The second-order valence-corrected chi connectivity index (χ2v) is 4.97. The molecule has 0 aromatic carbocycles. The van der Waals surface area contributed by atoms with Gasteiger partial charge in [-0.15, -0.1) is 0 Å². The lowest BCUT2D eigenvalue weighted by Crippen LogP contribution is -2.08. The van der Waals surface area contributed by atoms with Gasteiger partial charge in [0, 0.05) is 17.8 Å². The Labute approximate surface area is 107 Å². The Morgan fingerprint density at radius 3 is 3.00 bits per heavy atom. The molecule has 3 rings (SSSR count). The SMILES string of the molecule is Cc1oc(Cn2cnc3c2CCCC3)cc1CN. The lowest BCUT2D eigenvalue weighted by molar-refractivity contribution is 0.463. The van der Waals surface area contributed by atoms with Crippen LogP contribution >= 0.6 is 0 Å². The van der Waals surface area contributed by atoms with Crippen LogP contribution in [0.25, 0.3) is 0 Å². The number of aryl methyl sites for hydroxylation is 2. The molecule has 2 heterocycles. The number of nitrogens with two attached hydrogens (primary N) is 1. The van der Waals surface area contributed by atoms with Crippen LogP contribution in [-0.4, -0.2) is 9.55 Å². The highest BCUT2D eigenvalue weighted by Gasteiger charge is 2.16. The summed E-state index contributed by atoms with van der Waals surface area (Å²) in [7, 11) is 0. The normalized spacial score (nSPS) is 14.8. The van der Waals surface area contributed by atoms with Crippen LogP contribution in [-0.2, 0) is 25.9 Å². The molecule has 4 heteroatoms. The predicted molar refractivity (Wildman–Crippen MR) is 69.3 cm³/mol. The third-order valence-corrected chi connectivity index (χ3v) is 3.73. The second kappa shape index (κ2) is 4.61. The van der Waals surface area contributed by atoms with Gasteiger partial charge in [-0.05, 0) is 38.7 Å². The molecule has 1 aliphatic carbocycles. The molecule has 2 aromatic rings. The highest BCUT2D eigenvalue weighted by atomic mass is 16.3. The Morgan fingerprint density at radius 2 is 2.22 bits per heavy atom. The molecule has 2 aromatic heterocycles. The minimum Gasteiger partial charge on any atom is -0.464 e. The third kappa shape index (κ3) is 1.97. The van der Waals surface area contributed by atoms with E-state index in [1.165, 1.54) is 24.2 Å². The van der Waals surface area contributed by atoms with Gasteiger partial charge in [0.2, 0.25) is 0 Å². The minimum atomic E-state index is 0.539. The van der Waals surface area contributed by atoms with Crippen molar-refractivity contribution in [3.63, 3.8) is 0 Å². The molecule has 0 saturated heterocycles. The van der Waals surface area contributed by atoms with Gasteiger partial charge in [0.25, 0.3) is 0 Å². The quantitative estimate of drug-likeness (QED) is 0.901. The van der Waals surface area contributed by atoms with Crippen molar-refractivity contribution in [2.75, 3.05) is 0 Å². The van der Waals surface area contributed by atoms with Crippen LogP contribution in [0, 0.1) is 6.92 Å². The van der Waals surface area contributed by atoms with Gasteiger partial charge < -0.3 is 14.7 Å². The van der Waals surface area contributed by atoms with Gasteiger partial charge in [-0.3, -0.25) is 0 Å². The van der Waals surface area contributed by atoms with E-state index in [4.69, 9.17) is 10.2 Å². The van der Waals surface area contributed by atoms with Gasteiger partial charge in [-0.25, -0.2) is 4.98 Å². The molecule has 0 radical (unpaired) electrons. The lowest BCUT2D eigenvalue weighted by atomic mass is 10.0. The Hall–Kier alpha value is -1.55. The van der Waals surface area contributed by atoms with Crippen LogP contribution in [0.15, 0.2) is 16.8 Å². The van der Waals surface area contributed by atoms with Gasteiger partial charge in [-0.1, -0.05) is 0 Å². The monoisotopic (exact) mass is 245 g/mol. The summed E-state index contributed by atoms with van der Waals surface area (Å²) in [5, 5.41) is 0. The molecule has 0 bridgehead atoms. The van der Waals surface area contributed by atoms with Crippen molar-refractivity contribution in [2.24, 2.45) is 5.73 Å². The molecule has 0 atom stereocenters. The van der Waals surface area contributed by atoms with Crippen LogP contribution in [0.2, 0.25) is 0 Å². The van der Waals surface area contributed by atoms with E-state index in [1.807, 2.05) is 13.3 Å². The highest BCUT2D eigenvalue weighted by Crippen LogP contribution is 2.22. The van der Waals surface area contributed by atoms with Crippen molar-refractivity contribution >= 4 is 0 Å². The molecule has 18 heavy (non-hydrogen) atoms. The molecule has 0 spiro atoms. The Morgan fingerprint density at radius 1 is 1.39 bits per heavy atom. The standard InChI is InChI=1S/C14H19N3O/c1-10-11(7-15)6-12(18-10)8-17-9-16-13-4-2-3-5-14(13)17/h6,9H,2-5,7-8,15H2,1H3. The van der Waals surface area contributed by atoms with E-state index in [1.54, 1.807) is 0 Å². The zero-order chi connectivity index (χ0) is 12.5. The van der Waals surface area contributed by atoms with E-state index in [2.05, 4.69) is 15.6 Å². The van der Waals surface area contributed by atoms with Crippen LogP contribution < -0.4 is 5.73 Å². The first-order valence-corrected chi connectivity index (χ1v) is 6.59. The molecule has 1 aliphatic rings. The van der Waals surface area contributed by atoms with Gasteiger partial charge in [0.05, 0.1) is 18.6 Å². The van der Waals surface area contributed by atoms with Crippen LogP contribution in [0.5, 0.6) is 0 Å². The second-order valence-electron chi connectivity index (χ2n) is 4.97. The summed E-state index contributed by atoms with van der Waals surface area (Å²) in [6, 6.07) is 2.06. The highest BCUT2D eigenvalue weighted by molar-refractivity contribution is 5.22. The third-order valence-electron chi connectivity index (χ3n) is 3.73. The number of nitrogens with zero attached hydrogens (tertiary/aromatic N) is 2. The Balaban J connectivity index is 1.85. The fourth-order valence-electron chi connectivity index (χ4n) is 2.70. The smallest absolute Gasteiger partial charge is 0.124 e. The molecule has 0 amide bonds. The molecule has 96 valence electrons. The molecule has 4 nitrogen and oxygen atoms in total. The van der Waals surface area contributed by atoms with E-state index >= 15 is 0 Å². The number of fused-ring (bicyclic) bond motifs is 1. The zero-order valence-electron chi connectivity index (χ0n) is 10.8. The van der Waals surface area contributed by atoms with Crippen LogP contribution in [0.1, 0.15) is 41.3 Å². The van der Waals surface area contributed by atoms with Gasteiger partial charge >= 0.3 is 0 Å². The molecule has 0 aliphatic heterocycles. The van der Waals surface area contributed by atoms with Crippen molar-refractivity contribution < 1.29 is 4.42 Å². The summed E-state index contributed by atoms with van der Waals surface area (Å²) in [6.45, 7) is 3.27. The molecule has 0 fully saturated rings. The Kier molecular flexibility index (Phi) is 2.96. The molecule has 0 unspecified atom stereocenters. The number of rotatable bonds is 3. The zero-order valence-corrected chi connectivity index (χ0v) is 10.8. The number of hydrogen-bond acceptors (Lipinski definition) is 3. The van der Waals surface area contributed by atoms with E-state index in [0.29, 0.717) is 6.54 Å². The van der Waals surface area contributed by atoms with Crippen molar-refractivity contribution in [1.82, 2.24) is 9.55 Å². The summed E-state index contributed by atoms with van der Waals surface area (Å²) < 4.78 is 7.96. The van der Waals surface area contributed by atoms with E-state index in [0.717, 1.165) is 36.5 Å². The summed E-state index contributed by atoms with van der Waals surface area (Å²) in [5.41, 5.74) is 9.41. The maximum atomic E-state index is 5.74. The van der Waals surface area contributed by atoms with Crippen LogP contribution in [0.4, 0.5) is 0 Å². The molecular weight excluding hydrogens is 226 g/mol. The van der Waals surface area contributed by atoms with Crippen molar-refractivity contribution in [3.05, 3.63) is 40.9 Å². The fraction of sp³-hybridized carbons (Fsp3) is 0.500. The predicted octanol–water partition coefficient (Wildman–Crippen LogP) is 2.17. The van der Waals surface area contributed by atoms with Crippen molar-refractivity contribution in [2.45, 2.75) is 45.7 Å². The topological polar surface area (TPSA) is 57.0 Å². The fourth-order valence-corrected chi connectivity index (χ4v) is 2.70. The molecular formula is C14H19N3O. The largest absolute Gasteiger partial charge is 0.464 e. The summed E-state index contributed by atoms with van der Waals surface area (Å²) in [4.78, 5) is 4.50. The summed E-state index contributed by atoms with van der Waals surface area (Å²) >= 11 is 0. The average molecular weight is 245 g/mol. The van der Waals surface area contributed by atoms with Crippen molar-refractivity contribution in [1.29, 1.82) is 0 Å². The van der Waals surface area contributed by atoms with Gasteiger partial charge in [0.1, 0.15) is 11.5 Å². The van der Waals surface area contributed by atoms with E-state index < -0.39 is 0 Å². The minimum absolute atomic E-state index is 0.539. The Bertz CT molecular complexity index is 553. The van der Waals surface area contributed by atoms with E-state index in [-0.39, 0.29) is 0 Å². The number of hydrogen-bond donors (Lipinski definition) is 1. The van der Waals surface area contributed by atoms with E-state index in [9.17, 15) is 0 Å². The maximum Gasteiger partial charge on any atom is 0.124 e. The number of furan rings is 1. The summed E-state index contributed by atoms with van der Waals surface area (Å²) in [5.74, 6) is 1.90. The summed E-state index contributed by atoms with van der Waals surface area (Å²) in [6.07, 6.45) is 6.73. The van der Waals surface area contributed by atoms with Crippen molar-refractivity contribution in [3.8, 4) is 0 Å².